The number of hydrogen-bond acceptors (Lipinski definition) is 3. The monoisotopic (exact) mass is 272 g/mol. The normalized spacial score (nSPS) is 16.9. The maximum absolute atomic E-state index is 4.75. The number of piperidine rings is 1. The van der Waals surface area contributed by atoms with Crippen LogP contribution < -0.4 is 0 Å². The third-order valence-electron chi connectivity index (χ3n) is 4.14. The number of nitrogens with zero attached hydrogens (tertiary/aromatic N) is 4. The number of hydrogen-bond donors (Lipinski definition) is 0. The van der Waals surface area contributed by atoms with Crippen LogP contribution >= 0.6 is 0 Å². The van der Waals surface area contributed by atoms with E-state index in [1.165, 1.54) is 38.2 Å². The molecule has 0 aliphatic carbocycles. The summed E-state index contributed by atoms with van der Waals surface area (Å²) in [4.78, 5) is 11.9. The van der Waals surface area contributed by atoms with E-state index in [0.717, 1.165) is 37.1 Å². The zero-order valence-corrected chi connectivity index (χ0v) is 12.4. The third-order valence-corrected chi connectivity index (χ3v) is 4.14. The molecule has 0 atom stereocenters. The summed E-state index contributed by atoms with van der Waals surface area (Å²) in [5, 5.41) is 0. The van der Waals surface area contributed by atoms with Gasteiger partial charge in [-0.15, -0.1) is 0 Å². The number of likely N-dealkylation sites (tertiary alicyclic amines) is 1. The molecule has 3 rings (SSSR count). The molecule has 0 unspecified atom stereocenters. The number of pyridine rings is 1. The van der Waals surface area contributed by atoms with Crippen molar-refractivity contribution in [2.45, 2.75) is 45.6 Å². The molecule has 3 heterocycles. The van der Waals surface area contributed by atoms with Crippen LogP contribution in [0.15, 0.2) is 18.3 Å². The van der Waals surface area contributed by atoms with Gasteiger partial charge in [0.25, 0.3) is 0 Å². The Morgan fingerprint density at radius 3 is 2.80 bits per heavy atom. The average Bonchev–Trinajstić information content (AvgIpc) is 2.84. The molecule has 108 valence electrons. The van der Waals surface area contributed by atoms with Gasteiger partial charge < -0.3 is 9.47 Å². The second kappa shape index (κ2) is 6.35. The van der Waals surface area contributed by atoms with Gasteiger partial charge in [0.2, 0.25) is 0 Å². The average molecular weight is 272 g/mol. The number of imidazole rings is 1. The summed E-state index contributed by atoms with van der Waals surface area (Å²) < 4.78 is 2.33. The Bertz CT molecular complexity index is 555. The van der Waals surface area contributed by atoms with Crippen molar-refractivity contribution in [2.75, 3.05) is 19.6 Å². The summed E-state index contributed by atoms with van der Waals surface area (Å²) in [6, 6.07) is 4.04. The summed E-state index contributed by atoms with van der Waals surface area (Å²) in [6.07, 6.45) is 8.14. The SMILES string of the molecule is CCCc1nc2cccnc2n1CCN1CCCCC1. The quantitative estimate of drug-likeness (QED) is 0.839. The van der Waals surface area contributed by atoms with E-state index in [-0.39, 0.29) is 0 Å². The van der Waals surface area contributed by atoms with Gasteiger partial charge >= 0.3 is 0 Å². The fourth-order valence-corrected chi connectivity index (χ4v) is 3.08. The predicted octanol–water partition coefficient (Wildman–Crippen LogP) is 2.87. The highest BCUT2D eigenvalue weighted by atomic mass is 15.2. The predicted molar refractivity (Wildman–Crippen MR) is 81.8 cm³/mol. The Balaban J connectivity index is 1.79. The number of aromatic nitrogens is 3. The minimum atomic E-state index is 1.02. The zero-order chi connectivity index (χ0) is 13.8. The van der Waals surface area contributed by atoms with Crippen molar-refractivity contribution in [1.29, 1.82) is 0 Å². The Morgan fingerprint density at radius 2 is 2.00 bits per heavy atom. The fraction of sp³-hybridized carbons (Fsp3) is 0.625. The van der Waals surface area contributed by atoms with Gasteiger partial charge in [0, 0.05) is 25.7 Å². The first-order chi connectivity index (χ1) is 9.88. The van der Waals surface area contributed by atoms with Crippen molar-refractivity contribution in [2.24, 2.45) is 0 Å². The van der Waals surface area contributed by atoms with Gasteiger partial charge in [0.1, 0.15) is 11.3 Å². The largest absolute Gasteiger partial charge is 0.311 e. The van der Waals surface area contributed by atoms with Gasteiger partial charge in [-0.25, -0.2) is 9.97 Å². The second-order valence-electron chi connectivity index (χ2n) is 5.68. The van der Waals surface area contributed by atoms with E-state index in [1.54, 1.807) is 0 Å². The lowest BCUT2D eigenvalue weighted by molar-refractivity contribution is 0.220. The highest BCUT2D eigenvalue weighted by molar-refractivity contribution is 5.71. The van der Waals surface area contributed by atoms with Crippen molar-refractivity contribution in [3.05, 3.63) is 24.2 Å². The molecule has 4 nitrogen and oxygen atoms in total. The number of rotatable bonds is 5. The summed E-state index contributed by atoms with van der Waals surface area (Å²) >= 11 is 0. The molecule has 0 bridgehead atoms. The molecule has 0 radical (unpaired) electrons. The molecule has 2 aromatic heterocycles. The molecular weight excluding hydrogens is 248 g/mol. The highest BCUT2D eigenvalue weighted by Crippen LogP contribution is 2.16. The van der Waals surface area contributed by atoms with Crippen molar-refractivity contribution < 1.29 is 0 Å². The van der Waals surface area contributed by atoms with E-state index in [2.05, 4.69) is 27.4 Å². The molecular formula is C16H24N4. The van der Waals surface area contributed by atoms with Crippen LogP contribution in [0, 0.1) is 0 Å². The molecule has 1 aliphatic rings. The molecule has 0 amide bonds. The lowest BCUT2D eigenvalue weighted by atomic mass is 10.1. The summed E-state index contributed by atoms with van der Waals surface area (Å²) in [6.45, 7) is 6.86. The van der Waals surface area contributed by atoms with E-state index >= 15 is 0 Å². The molecule has 1 aliphatic heterocycles. The lowest BCUT2D eigenvalue weighted by Crippen LogP contribution is -2.32. The third kappa shape index (κ3) is 2.85. The van der Waals surface area contributed by atoms with Gasteiger partial charge in [0.15, 0.2) is 5.65 Å². The molecule has 0 saturated carbocycles. The van der Waals surface area contributed by atoms with E-state index in [1.807, 2.05) is 12.3 Å². The molecule has 1 saturated heterocycles. The first-order valence-electron chi connectivity index (χ1n) is 7.91. The summed E-state index contributed by atoms with van der Waals surface area (Å²) in [7, 11) is 0. The van der Waals surface area contributed by atoms with Gasteiger partial charge in [0.05, 0.1) is 0 Å². The van der Waals surface area contributed by atoms with E-state index in [0.29, 0.717) is 0 Å². The molecule has 0 aromatic carbocycles. The topological polar surface area (TPSA) is 34.0 Å². The molecule has 4 heteroatoms. The molecule has 1 fully saturated rings. The maximum atomic E-state index is 4.75. The highest BCUT2D eigenvalue weighted by Gasteiger charge is 2.14. The summed E-state index contributed by atoms with van der Waals surface area (Å²) in [5.74, 6) is 1.19. The Labute approximate surface area is 120 Å². The van der Waals surface area contributed by atoms with Crippen LogP contribution in [0.3, 0.4) is 0 Å². The fourth-order valence-electron chi connectivity index (χ4n) is 3.08. The van der Waals surface area contributed by atoms with Crippen LogP contribution in [-0.4, -0.2) is 39.1 Å². The van der Waals surface area contributed by atoms with Crippen LogP contribution in [0.4, 0.5) is 0 Å². The summed E-state index contributed by atoms with van der Waals surface area (Å²) in [5.41, 5.74) is 2.09. The minimum Gasteiger partial charge on any atom is -0.311 e. The maximum Gasteiger partial charge on any atom is 0.160 e. The lowest BCUT2D eigenvalue weighted by Gasteiger charge is -2.26. The van der Waals surface area contributed by atoms with Crippen LogP contribution in [0.2, 0.25) is 0 Å². The number of aryl methyl sites for hydroxylation is 1. The van der Waals surface area contributed by atoms with Crippen LogP contribution in [0.5, 0.6) is 0 Å². The first-order valence-corrected chi connectivity index (χ1v) is 7.91. The molecule has 0 spiro atoms. The first kappa shape index (κ1) is 13.6. The van der Waals surface area contributed by atoms with Crippen LogP contribution in [0.25, 0.3) is 11.2 Å². The van der Waals surface area contributed by atoms with E-state index < -0.39 is 0 Å². The van der Waals surface area contributed by atoms with Crippen LogP contribution in [-0.2, 0) is 13.0 Å². The Hall–Kier alpha value is -1.42. The van der Waals surface area contributed by atoms with Gasteiger partial charge in [-0.2, -0.15) is 0 Å². The zero-order valence-electron chi connectivity index (χ0n) is 12.4. The Kier molecular flexibility index (Phi) is 4.31. The van der Waals surface area contributed by atoms with Gasteiger partial charge in [-0.3, -0.25) is 0 Å². The standard InChI is InChI=1S/C16H24N4/c1-2-7-15-18-14-8-6-9-17-16(14)20(15)13-12-19-10-4-3-5-11-19/h6,8-9H,2-5,7,10-13H2,1H3. The van der Waals surface area contributed by atoms with E-state index in [4.69, 9.17) is 4.98 Å². The van der Waals surface area contributed by atoms with Crippen molar-refractivity contribution in [3.8, 4) is 0 Å². The van der Waals surface area contributed by atoms with Crippen molar-refractivity contribution >= 4 is 11.2 Å². The van der Waals surface area contributed by atoms with Crippen molar-refractivity contribution in [1.82, 2.24) is 19.4 Å². The minimum absolute atomic E-state index is 1.02. The smallest absolute Gasteiger partial charge is 0.160 e. The number of fused-ring (bicyclic) bond motifs is 1. The second-order valence-corrected chi connectivity index (χ2v) is 5.68. The molecule has 20 heavy (non-hydrogen) atoms. The van der Waals surface area contributed by atoms with E-state index in [9.17, 15) is 0 Å². The van der Waals surface area contributed by atoms with Crippen molar-refractivity contribution in [3.63, 3.8) is 0 Å². The van der Waals surface area contributed by atoms with Gasteiger partial charge in [-0.05, 0) is 44.5 Å². The Morgan fingerprint density at radius 1 is 1.15 bits per heavy atom. The molecule has 0 N–H and O–H groups in total. The van der Waals surface area contributed by atoms with Gasteiger partial charge in [-0.1, -0.05) is 13.3 Å². The van der Waals surface area contributed by atoms with Crippen LogP contribution in [0.1, 0.15) is 38.4 Å². The molecule has 2 aromatic rings.